The molecule has 1 aliphatic rings. The molecule has 0 fully saturated rings. The van der Waals surface area contributed by atoms with Crippen LogP contribution in [0.2, 0.25) is 5.02 Å². The second kappa shape index (κ2) is 5.08. The molecule has 3 unspecified atom stereocenters. The average Bonchev–Trinajstić information content (AvgIpc) is 2.77. The van der Waals surface area contributed by atoms with Gasteiger partial charge in [-0.2, -0.15) is 0 Å². The Morgan fingerprint density at radius 2 is 1.79 bits per heavy atom. The fourth-order valence-corrected chi connectivity index (χ4v) is 4.48. The van der Waals surface area contributed by atoms with Gasteiger partial charge < -0.3 is 5.73 Å². The lowest BCUT2D eigenvalue weighted by atomic mass is 10.1. The first-order chi connectivity index (χ1) is 9.18. The summed E-state index contributed by atoms with van der Waals surface area (Å²) < 4.78 is 12.7. The monoisotopic (exact) mass is 291 g/mol. The molecule has 0 spiro atoms. The van der Waals surface area contributed by atoms with Crippen molar-refractivity contribution in [2.24, 2.45) is 5.73 Å². The van der Waals surface area contributed by atoms with Crippen molar-refractivity contribution < 1.29 is 4.21 Å². The lowest BCUT2D eigenvalue weighted by Crippen LogP contribution is -2.26. The van der Waals surface area contributed by atoms with Gasteiger partial charge >= 0.3 is 0 Å². The van der Waals surface area contributed by atoms with Crippen LogP contribution in [0.15, 0.2) is 53.4 Å². The van der Waals surface area contributed by atoms with Crippen LogP contribution in [0.1, 0.15) is 17.2 Å². The Morgan fingerprint density at radius 3 is 2.53 bits per heavy atom. The molecule has 4 heteroatoms. The summed E-state index contributed by atoms with van der Waals surface area (Å²) >= 11 is 6.12. The van der Waals surface area contributed by atoms with E-state index in [0.29, 0.717) is 9.92 Å². The summed E-state index contributed by atoms with van der Waals surface area (Å²) in [6.45, 7) is 0. The van der Waals surface area contributed by atoms with Crippen LogP contribution in [0.5, 0.6) is 0 Å². The van der Waals surface area contributed by atoms with Crippen LogP contribution in [-0.4, -0.2) is 9.46 Å². The molecule has 0 radical (unpaired) electrons. The number of hydrogen-bond donors (Lipinski definition) is 1. The van der Waals surface area contributed by atoms with Gasteiger partial charge in [0.2, 0.25) is 0 Å². The topological polar surface area (TPSA) is 43.1 Å². The Balaban J connectivity index is 1.94. The molecule has 0 heterocycles. The van der Waals surface area contributed by atoms with Crippen molar-refractivity contribution in [1.82, 2.24) is 0 Å². The Morgan fingerprint density at radius 1 is 1.11 bits per heavy atom. The molecule has 3 atom stereocenters. The van der Waals surface area contributed by atoms with Gasteiger partial charge in [-0.3, -0.25) is 4.21 Å². The minimum Gasteiger partial charge on any atom is -0.323 e. The van der Waals surface area contributed by atoms with Gasteiger partial charge in [0.15, 0.2) is 0 Å². The molecular formula is C15H14ClNOS. The van der Waals surface area contributed by atoms with Crippen LogP contribution < -0.4 is 5.73 Å². The summed E-state index contributed by atoms with van der Waals surface area (Å²) in [6.07, 6.45) is 0.745. The maximum atomic E-state index is 12.7. The first-order valence-corrected chi connectivity index (χ1v) is 7.76. The molecule has 0 aliphatic heterocycles. The second-order valence-corrected chi connectivity index (χ2v) is 6.74. The third kappa shape index (κ3) is 2.22. The highest BCUT2D eigenvalue weighted by Crippen LogP contribution is 2.35. The molecule has 98 valence electrons. The first kappa shape index (κ1) is 12.9. The van der Waals surface area contributed by atoms with E-state index in [9.17, 15) is 4.21 Å². The van der Waals surface area contributed by atoms with E-state index in [0.717, 1.165) is 12.0 Å². The van der Waals surface area contributed by atoms with E-state index < -0.39 is 10.8 Å². The lowest BCUT2D eigenvalue weighted by Gasteiger charge is -2.16. The molecule has 2 N–H and O–H groups in total. The summed E-state index contributed by atoms with van der Waals surface area (Å²) in [7, 11) is -1.18. The molecule has 0 saturated carbocycles. The SMILES string of the molecule is NC1c2ccccc2CC1S(=O)c1ccccc1Cl. The highest BCUT2D eigenvalue weighted by atomic mass is 35.5. The molecule has 0 aromatic heterocycles. The molecular weight excluding hydrogens is 278 g/mol. The third-order valence-corrected chi connectivity index (χ3v) is 5.81. The van der Waals surface area contributed by atoms with E-state index in [-0.39, 0.29) is 11.3 Å². The molecule has 0 bridgehead atoms. The number of hydrogen-bond acceptors (Lipinski definition) is 2. The molecule has 3 rings (SSSR count). The maximum absolute atomic E-state index is 12.7. The van der Waals surface area contributed by atoms with Crippen molar-refractivity contribution in [2.75, 3.05) is 0 Å². The molecule has 0 amide bonds. The zero-order valence-electron chi connectivity index (χ0n) is 10.3. The first-order valence-electron chi connectivity index (χ1n) is 6.17. The van der Waals surface area contributed by atoms with E-state index in [2.05, 4.69) is 6.07 Å². The highest BCUT2D eigenvalue weighted by Gasteiger charge is 2.34. The molecule has 1 aliphatic carbocycles. The summed E-state index contributed by atoms with van der Waals surface area (Å²) in [5.41, 5.74) is 8.54. The lowest BCUT2D eigenvalue weighted by molar-refractivity contribution is 0.646. The van der Waals surface area contributed by atoms with Gasteiger partial charge in [0.25, 0.3) is 0 Å². The highest BCUT2D eigenvalue weighted by molar-refractivity contribution is 7.85. The van der Waals surface area contributed by atoms with Crippen molar-refractivity contribution in [1.29, 1.82) is 0 Å². The van der Waals surface area contributed by atoms with E-state index in [1.807, 2.05) is 36.4 Å². The standard InChI is InChI=1S/C15H14ClNOS/c16-12-7-3-4-8-13(12)19(18)14-9-10-5-1-2-6-11(10)15(14)17/h1-8,14-15H,9,17H2. The predicted molar refractivity (Wildman–Crippen MR) is 78.7 cm³/mol. The zero-order chi connectivity index (χ0) is 13.4. The van der Waals surface area contributed by atoms with Crippen LogP contribution in [0, 0.1) is 0 Å². The van der Waals surface area contributed by atoms with Crippen LogP contribution in [0.3, 0.4) is 0 Å². The molecule has 2 aromatic rings. The van der Waals surface area contributed by atoms with Crippen molar-refractivity contribution in [3.63, 3.8) is 0 Å². The van der Waals surface area contributed by atoms with Gasteiger partial charge in [0.05, 0.1) is 26.0 Å². The van der Waals surface area contributed by atoms with Crippen molar-refractivity contribution in [2.45, 2.75) is 22.6 Å². The Labute approximate surface area is 120 Å². The Bertz CT molecular complexity index is 644. The fourth-order valence-electron chi connectivity index (χ4n) is 2.57. The average molecular weight is 292 g/mol. The van der Waals surface area contributed by atoms with Crippen molar-refractivity contribution in [3.8, 4) is 0 Å². The largest absolute Gasteiger partial charge is 0.323 e. The van der Waals surface area contributed by atoms with E-state index in [1.165, 1.54) is 5.56 Å². The van der Waals surface area contributed by atoms with Gasteiger partial charge in [-0.25, -0.2) is 0 Å². The van der Waals surface area contributed by atoms with Crippen molar-refractivity contribution >= 4 is 22.4 Å². The Hall–Kier alpha value is -1.16. The summed E-state index contributed by atoms with van der Waals surface area (Å²) in [6, 6.07) is 15.1. The van der Waals surface area contributed by atoms with Gasteiger partial charge in [-0.1, -0.05) is 48.0 Å². The summed E-state index contributed by atoms with van der Waals surface area (Å²) in [4.78, 5) is 0.678. The Kier molecular flexibility index (Phi) is 3.44. The molecule has 19 heavy (non-hydrogen) atoms. The second-order valence-electron chi connectivity index (χ2n) is 4.70. The van der Waals surface area contributed by atoms with Crippen LogP contribution in [0.4, 0.5) is 0 Å². The van der Waals surface area contributed by atoms with Crippen LogP contribution in [-0.2, 0) is 17.2 Å². The number of benzene rings is 2. The molecule has 2 nitrogen and oxygen atoms in total. The minimum absolute atomic E-state index is 0.0997. The van der Waals surface area contributed by atoms with Gasteiger partial charge in [-0.05, 0) is 29.7 Å². The van der Waals surface area contributed by atoms with E-state index >= 15 is 0 Å². The fraction of sp³-hybridized carbons (Fsp3) is 0.200. The predicted octanol–water partition coefficient (Wildman–Crippen LogP) is 3.07. The molecule has 0 saturated heterocycles. The van der Waals surface area contributed by atoms with Crippen molar-refractivity contribution in [3.05, 3.63) is 64.7 Å². The zero-order valence-corrected chi connectivity index (χ0v) is 11.8. The van der Waals surface area contributed by atoms with Crippen LogP contribution >= 0.6 is 11.6 Å². The van der Waals surface area contributed by atoms with Gasteiger partial charge in [0.1, 0.15) is 0 Å². The van der Waals surface area contributed by atoms with Gasteiger partial charge in [-0.15, -0.1) is 0 Å². The number of nitrogens with two attached hydrogens (primary N) is 1. The summed E-state index contributed by atoms with van der Waals surface area (Å²) in [5.74, 6) is 0. The van der Waals surface area contributed by atoms with Gasteiger partial charge in [0, 0.05) is 6.04 Å². The number of halogens is 1. The summed E-state index contributed by atoms with van der Waals surface area (Å²) in [5, 5.41) is 0.446. The van der Waals surface area contributed by atoms with E-state index in [1.54, 1.807) is 6.07 Å². The smallest absolute Gasteiger partial charge is 0.0628 e. The number of fused-ring (bicyclic) bond motifs is 1. The quantitative estimate of drug-likeness (QED) is 0.924. The molecule has 2 aromatic carbocycles. The third-order valence-electron chi connectivity index (χ3n) is 3.56. The minimum atomic E-state index is -1.18. The van der Waals surface area contributed by atoms with E-state index in [4.69, 9.17) is 17.3 Å². The maximum Gasteiger partial charge on any atom is 0.0628 e. The normalized spacial score (nSPS) is 23.1. The number of rotatable bonds is 2. The van der Waals surface area contributed by atoms with Crippen LogP contribution in [0.25, 0.3) is 0 Å².